The Bertz CT molecular complexity index is 952. The molecule has 1 aromatic heterocycles. The van der Waals surface area contributed by atoms with Crippen LogP contribution in [0.5, 0.6) is 17.2 Å². The second-order valence-electron chi connectivity index (χ2n) is 6.86. The number of carbonyl (C=O) groups excluding carboxylic acids is 1. The smallest absolute Gasteiger partial charge is 0.254 e. The van der Waals surface area contributed by atoms with Gasteiger partial charge in [0.25, 0.3) is 5.91 Å². The number of methoxy groups -OCH3 is 2. The maximum atomic E-state index is 13.1. The molecule has 156 valence electrons. The average Bonchev–Trinajstić information content (AvgIpc) is 2.81. The fraction of sp³-hybridized carbons (Fsp3) is 0.250. The molecule has 0 aliphatic rings. The summed E-state index contributed by atoms with van der Waals surface area (Å²) >= 11 is 0. The molecule has 1 unspecified atom stereocenters. The molecular weight excluding hydrogens is 380 g/mol. The van der Waals surface area contributed by atoms with Gasteiger partial charge in [-0.15, -0.1) is 0 Å². The molecule has 0 aliphatic carbocycles. The molecule has 3 rings (SSSR count). The van der Waals surface area contributed by atoms with Gasteiger partial charge in [-0.25, -0.2) is 0 Å². The highest BCUT2D eigenvalue weighted by atomic mass is 16.5. The fourth-order valence-corrected chi connectivity index (χ4v) is 3.12. The van der Waals surface area contributed by atoms with Gasteiger partial charge in [0.1, 0.15) is 6.61 Å². The van der Waals surface area contributed by atoms with E-state index in [-0.39, 0.29) is 11.9 Å². The second kappa shape index (κ2) is 9.78. The van der Waals surface area contributed by atoms with E-state index in [1.165, 1.54) is 0 Å². The number of hydrogen-bond donors (Lipinski definition) is 0. The van der Waals surface area contributed by atoms with Crippen molar-refractivity contribution in [2.75, 3.05) is 21.3 Å². The normalized spacial score (nSPS) is 11.5. The lowest BCUT2D eigenvalue weighted by Crippen LogP contribution is -2.29. The van der Waals surface area contributed by atoms with Crippen molar-refractivity contribution < 1.29 is 19.0 Å². The third kappa shape index (κ3) is 4.71. The van der Waals surface area contributed by atoms with Crippen LogP contribution in [0.2, 0.25) is 0 Å². The minimum Gasteiger partial charge on any atom is -0.493 e. The van der Waals surface area contributed by atoms with Crippen molar-refractivity contribution in [3.8, 4) is 17.2 Å². The van der Waals surface area contributed by atoms with Crippen LogP contribution < -0.4 is 14.2 Å². The van der Waals surface area contributed by atoms with Gasteiger partial charge in [0, 0.05) is 25.0 Å². The second-order valence-corrected chi connectivity index (χ2v) is 6.86. The number of carbonyl (C=O) groups is 1. The molecule has 2 aromatic carbocycles. The fourth-order valence-electron chi connectivity index (χ4n) is 3.12. The van der Waals surface area contributed by atoms with E-state index in [4.69, 9.17) is 14.2 Å². The summed E-state index contributed by atoms with van der Waals surface area (Å²) in [7, 11) is 4.86. The lowest BCUT2D eigenvalue weighted by Gasteiger charge is -2.26. The molecule has 30 heavy (non-hydrogen) atoms. The molecular formula is C24H26N2O4. The molecule has 1 atom stereocenters. The van der Waals surface area contributed by atoms with Gasteiger partial charge in [0.15, 0.2) is 11.5 Å². The van der Waals surface area contributed by atoms with Gasteiger partial charge in [0.05, 0.1) is 20.3 Å². The van der Waals surface area contributed by atoms with Crippen molar-refractivity contribution in [2.45, 2.75) is 19.6 Å². The molecule has 0 aliphatic heterocycles. The van der Waals surface area contributed by atoms with Crippen molar-refractivity contribution in [2.24, 2.45) is 0 Å². The Labute approximate surface area is 177 Å². The minimum absolute atomic E-state index is 0.119. The topological polar surface area (TPSA) is 60.9 Å². The summed E-state index contributed by atoms with van der Waals surface area (Å²) in [4.78, 5) is 18.9. The quantitative estimate of drug-likeness (QED) is 0.551. The van der Waals surface area contributed by atoms with Crippen LogP contribution in [-0.4, -0.2) is 37.1 Å². The minimum atomic E-state index is -0.148. The van der Waals surface area contributed by atoms with E-state index in [1.54, 1.807) is 50.7 Å². The van der Waals surface area contributed by atoms with Crippen LogP contribution in [0.3, 0.4) is 0 Å². The molecule has 0 saturated heterocycles. The highest BCUT2D eigenvalue weighted by molar-refractivity contribution is 5.95. The molecule has 0 saturated carbocycles. The van der Waals surface area contributed by atoms with Crippen LogP contribution in [0.15, 0.2) is 67.0 Å². The molecule has 1 amide bonds. The molecule has 3 aromatic rings. The maximum absolute atomic E-state index is 13.1. The van der Waals surface area contributed by atoms with E-state index in [1.807, 2.05) is 49.4 Å². The average molecular weight is 406 g/mol. The summed E-state index contributed by atoms with van der Waals surface area (Å²) in [6.45, 7) is 2.33. The highest BCUT2D eigenvalue weighted by Gasteiger charge is 2.23. The SMILES string of the molecule is COc1cc(C(=O)N(C)C(C)c2ccncc2)cc(OC)c1OCc1ccccc1. The van der Waals surface area contributed by atoms with Crippen molar-refractivity contribution in [1.29, 1.82) is 0 Å². The standard InChI is InChI=1S/C24H26N2O4/c1-17(19-10-12-25-13-11-19)26(2)24(27)20-14-21(28-3)23(22(15-20)29-4)30-16-18-8-6-5-7-9-18/h5-15,17H,16H2,1-4H3. The molecule has 6 nitrogen and oxygen atoms in total. The van der Waals surface area contributed by atoms with Crippen LogP contribution in [0, 0.1) is 0 Å². The summed E-state index contributed by atoms with van der Waals surface area (Å²) in [6.07, 6.45) is 3.43. The van der Waals surface area contributed by atoms with Gasteiger partial charge in [-0.1, -0.05) is 30.3 Å². The van der Waals surface area contributed by atoms with Crippen LogP contribution in [0.4, 0.5) is 0 Å². The van der Waals surface area contributed by atoms with E-state index in [2.05, 4.69) is 4.98 Å². The Balaban J connectivity index is 1.85. The van der Waals surface area contributed by atoms with Gasteiger partial charge in [-0.3, -0.25) is 9.78 Å². The lowest BCUT2D eigenvalue weighted by atomic mass is 10.1. The first-order valence-corrected chi connectivity index (χ1v) is 9.65. The molecule has 0 fully saturated rings. The Hall–Kier alpha value is -3.54. The van der Waals surface area contributed by atoms with Crippen LogP contribution in [0.1, 0.15) is 34.5 Å². The van der Waals surface area contributed by atoms with Gasteiger partial charge >= 0.3 is 0 Å². The number of aromatic nitrogens is 1. The first-order valence-electron chi connectivity index (χ1n) is 9.65. The predicted octanol–water partition coefficient (Wildman–Crippen LogP) is 4.51. The summed E-state index contributed by atoms with van der Waals surface area (Å²) in [5, 5.41) is 0. The van der Waals surface area contributed by atoms with Crippen molar-refractivity contribution in [3.63, 3.8) is 0 Å². The molecule has 0 N–H and O–H groups in total. The maximum Gasteiger partial charge on any atom is 0.254 e. The zero-order valence-electron chi connectivity index (χ0n) is 17.7. The zero-order chi connectivity index (χ0) is 21.5. The number of ether oxygens (including phenoxy) is 3. The Kier molecular flexibility index (Phi) is 6.91. The number of amides is 1. The number of hydrogen-bond acceptors (Lipinski definition) is 5. The van der Waals surface area contributed by atoms with Crippen molar-refractivity contribution in [1.82, 2.24) is 9.88 Å². The van der Waals surface area contributed by atoms with E-state index in [0.717, 1.165) is 11.1 Å². The number of rotatable bonds is 8. The summed E-state index contributed by atoms with van der Waals surface area (Å²) in [5.74, 6) is 1.20. The first-order chi connectivity index (χ1) is 14.5. The van der Waals surface area contributed by atoms with E-state index in [9.17, 15) is 4.79 Å². The van der Waals surface area contributed by atoms with Crippen LogP contribution >= 0.6 is 0 Å². The zero-order valence-corrected chi connectivity index (χ0v) is 17.7. The number of pyridine rings is 1. The third-order valence-corrected chi connectivity index (χ3v) is 5.02. The highest BCUT2D eigenvalue weighted by Crippen LogP contribution is 2.39. The first kappa shape index (κ1) is 21.2. The molecule has 0 bridgehead atoms. The lowest BCUT2D eigenvalue weighted by molar-refractivity contribution is 0.0741. The van der Waals surface area contributed by atoms with Gasteiger partial charge in [-0.2, -0.15) is 0 Å². The van der Waals surface area contributed by atoms with Crippen LogP contribution in [-0.2, 0) is 6.61 Å². The van der Waals surface area contributed by atoms with E-state index >= 15 is 0 Å². The summed E-state index contributed by atoms with van der Waals surface area (Å²) in [6, 6.07) is 16.9. The molecule has 6 heteroatoms. The van der Waals surface area contributed by atoms with Crippen molar-refractivity contribution in [3.05, 3.63) is 83.7 Å². The monoisotopic (exact) mass is 406 g/mol. The van der Waals surface area contributed by atoms with Gasteiger partial charge in [-0.05, 0) is 42.3 Å². The Morgan fingerprint density at radius 2 is 1.60 bits per heavy atom. The Morgan fingerprint density at radius 1 is 1.00 bits per heavy atom. The van der Waals surface area contributed by atoms with Gasteiger partial charge < -0.3 is 19.1 Å². The van der Waals surface area contributed by atoms with Crippen molar-refractivity contribution >= 4 is 5.91 Å². The number of nitrogens with zero attached hydrogens (tertiary/aromatic N) is 2. The Morgan fingerprint density at radius 3 is 2.17 bits per heavy atom. The summed E-state index contributed by atoms with van der Waals surface area (Å²) in [5.41, 5.74) is 2.48. The number of benzene rings is 2. The molecule has 0 radical (unpaired) electrons. The summed E-state index contributed by atoms with van der Waals surface area (Å²) < 4.78 is 17.0. The predicted molar refractivity (Wildman–Crippen MR) is 115 cm³/mol. The van der Waals surface area contributed by atoms with Gasteiger partial charge in [0.2, 0.25) is 5.75 Å². The van der Waals surface area contributed by atoms with E-state index in [0.29, 0.717) is 29.4 Å². The third-order valence-electron chi connectivity index (χ3n) is 5.02. The molecule has 1 heterocycles. The van der Waals surface area contributed by atoms with E-state index < -0.39 is 0 Å². The van der Waals surface area contributed by atoms with Crippen LogP contribution in [0.25, 0.3) is 0 Å². The largest absolute Gasteiger partial charge is 0.493 e. The molecule has 0 spiro atoms.